The van der Waals surface area contributed by atoms with Gasteiger partial charge in [-0.05, 0) is 48.9 Å². The first kappa shape index (κ1) is 18.9. The summed E-state index contributed by atoms with van der Waals surface area (Å²) in [5.41, 5.74) is 2.34. The summed E-state index contributed by atoms with van der Waals surface area (Å²) < 4.78 is 6.99. The number of hydrogen-bond acceptors (Lipinski definition) is 6. The minimum absolute atomic E-state index is 0.0618. The number of fused-ring (bicyclic) bond motifs is 3. The van der Waals surface area contributed by atoms with Crippen LogP contribution in [0.3, 0.4) is 0 Å². The highest BCUT2D eigenvalue weighted by Crippen LogP contribution is 2.35. The van der Waals surface area contributed by atoms with Crippen LogP contribution in [0, 0.1) is 0 Å². The van der Waals surface area contributed by atoms with Crippen molar-refractivity contribution < 1.29 is 4.74 Å². The third-order valence-electron chi connectivity index (χ3n) is 4.72. The first-order valence-electron chi connectivity index (χ1n) is 8.94. The van der Waals surface area contributed by atoms with E-state index in [1.54, 1.807) is 41.0 Å². The summed E-state index contributed by atoms with van der Waals surface area (Å²) in [4.78, 5) is 24.4. The SMILES string of the molecule is COCCn1c(SCc2ccnc(Cl)c2)nc2sc3c(c2c1=O)CCCC3. The molecule has 3 aromatic rings. The Bertz CT molecular complexity index is 1030. The third kappa shape index (κ3) is 3.92. The first-order valence-corrected chi connectivity index (χ1v) is 11.1. The predicted molar refractivity (Wildman–Crippen MR) is 111 cm³/mol. The van der Waals surface area contributed by atoms with Crippen molar-refractivity contribution in [2.75, 3.05) is 13.7 Å². The molecule has 0 bridgehead atoms. The summed E-state index contributed by atoms with van der Waals surface area (Å²) >= 11 is 9.22. The Kier molecular flexibility index (Phi) is 5.82. The molecule has 0 N–H and O–H groups in total. The minimum atomic E-state index is 0.0618. The average Bonchev–Trinajstić information content (AvgIpc) is 3.04. The van der Waals surface area contributed by atoms with Crippen molar-refractivity contribution in [2.24, 2.45) is 0 Å². The van der Waals surface area contributed by atoms with Crippen molar-refractivity contribution >= 4 is 44.9 Å². The van der Waals surface area contributed by atoms with Crippen LogP contribution in [0.5, 0.6) is 0 Å². The largest absolute Gasteiger partial charge is 0.383 e. The van der Waals surface area contributed by atoms with Gasteiger partial charge >= 0.3 is 0 Å². The minimum Gasteiger partial charge on any atom is -0.383 e. The molecule has 0 unspecified atom stereocenters. The molecule has 0 aromatic carbocycles. The number of halogens is 1. The second kappa shape index (κ2) is 8.31. The molecule has 3 heterocycles. The van der Waals surface area contributed by atoms with Crippen LogP contribution in [0.15, 0.2) is 28.3 Å². The zero-order valence-electron chi connectivity index (χ0n) is 15.0. The lowest BCUT2D eigenvalue weighted by Gasteiger charge is -2.13. The van der Waals surface area contributed by atoms with Crippen molar-refractivity contribution in [1.29, 1.82) is 0 Å². The Morgan fingerprint density at radius 3 is 3.04 bits per heavy atom. The van der Waals surface area contributed by atoms with Gasteiger partial charge in [0.1, 0.15) is 9.98 Å². The maximum atomic E-state index is 13.3. The van der Waals surface area contributed by atoms with Gasteiger partial charge < -0.3 is 4.74 Å². The number of nitrogens with zero attached hydrogens (tertiary/aromatic N) is 3. The number of thiophene rings is 1. The van der Waals surface area contributed by atoms with E-state index >= 15 is 0 Å². The lowest BCUT2D eigenvalue weighted by Crippen LogP contribution is -2.25. The molecule has 142 valence electrons. The summed E-state index contributed by atoms with van der Waals surface area (Å²) in [5.74, 6) is 0.679. The van der Waals surface area contributed by atoms with E-state index in [9.17, 15) is 4.79 Å². The summed E-state index contributed by atoms with van der Waals surface area (Å²) in [7, 11) is 1.65. The Hall–Kier alpha value is -1.41. The molecule has 0 aliphatic heterocycles. The van der Waals surface area contributed by atoms with Gasteiger partial charge in [0.25, 0.3) is 5.56 Å². The third-order valence-corrected chi connectivity index (χ3v) is 7.16. The quantitative estimate of drug-likeness (QED) is 0.337. The van der Waals surface area contributed by atoms with Crippen molar-refractivity contribution in [3.8, 4) is 0 Å². The van der Waals surface area contributed by atoms with Crippen molar-refractivity contribution in [3.05, 3.63) is 49.8 Å². The van der Waals surface area contributed by atoms with E-state index in [4.69, 9.17) is 21.3 Å². The zero-order valence-corrected chi connectivity index (χ0v) is 17.4. The van der Waals surface area contributed by atoms with E-state index in [1.807, 2.05) is 12.1 Å². The molecule has 0 atom stereocenters. The summed E-state index contributed by atoms with van der Waals surface area (Å²) in [6, 6.07) is 3.77. The van der Waals surface area contributed by atoms with Crippen LogP contribution in [-0.2, 0) is 29.9 Å². The number of aromatic nitrogens is 3. The van der Waals surface area contributed by atoms with E-state index in [0.29, 0.717) is 24.1 Å². The Balaban J connectivity index is 1.74. The van der Waals surface area contributed by atoms with E-state index in [-0.39, 0.29) is 5.56 Å². The van der Waals surface area contributed by atoms with E-state index in [2.05, 4.69) is 4.98 Å². The molecular weight excluding hydrogens is 402 g/mol. The number of aryl methyl sites for hydroxylation is 2. The van der Waals surface area contributed by atoms with Gasteiger partial charge in [0.15, 0.2) is 5.16 Å². The molecule has 5 nitrogen and oxygen atoms in total. The van der Waals surface area contributed by atoms with Crippen LogP contribution in [0.2, 0.25) is 5.15 Å². The van der Waals surface area contributed by atoms with Gasteiger partial charge in [-0.2, -0.15) is 0 Å². The highest BCUT2D eigenvalue weighted by Gasteiger charge is 2.22. The lowest BCUT2D eigenvalue weighted by molar-refractivity contribution is 0.183. The summed E-state index contributed by atoms with van der Waals surface area (Å²) in [6.45, 7) is 0.983. The fourth-order valence-electron chi connectivity index (χ4n) is 3.39. The molecule has 0 radical (unpaired) electrons. The van der Waals surface area contributed by atoms with Crippen LogP contribution in [-0.4, -0.2) is 28.3 Å². The number of thioether (sulfide) groups is 1. The van der Waals surface area contributed by atoms with Gasteiger partial charge in [0.05, 0.1) is 18.5 Å². The topological polar surface area (TPSA) is 57.0 Å². The monoisotopic (exact) mass is 421 g/mol. The van der Waals surface area contributed by atoms with Crippen LogP contribution in [0.25, 0.3) is 10.2 Å². The van der Waals surface area contributed by atoms with Gasteiger partial charge in [-0.25, -0.2) is 9.97 Å². The number of methoxy groups -OCH3 is 1. The fourth-order valence-corrected chi connectivity index (χ4v) is 5.86. The van der Waals surface area contributed by atoms with Crippen LogP contribution in [0.1, 0.15) is 28.8 Å². The van der Waals surface area contributed by atoms with Crippen molar-refractivity contribution in [2.45, 2.75) is 43.1 Å². The lowest BCUT2D eigenvalue weighted by atomic mass is 9.97. The maximum Gasteiger partial charge on any atom is 0.263 e. The van der Waals surface area contributed by atoms with E-state index in [0.717, 1.165) is 40.2 Å². The highest BCUT2D eigenvalue weighted by molar-refractivity contribution is 7.98. The number of ether oxygens (including phenoxy) is 1. The molecule has 27 heavy (non-hydrogen) atoms. The predicted octanol–water partition coefficient (Wildman–Crippen LogP) is 4.32. The normalized spacial score (nSPS) is 13.9. The number of pyridine rings is 1. The molecule has 3 aromatic heterocycles. The number of rotatable bonds is 6. The Labute approximate surface area is 170 Å². The van der Waals surface area contributed by atoms with Gasteiger partial charge in [-0.1, -0.05) is 23.4 Å². The van der Waals surface area contributed by atoms with E-state index < -0.39 is 0 Å². The molecule has 4 rings (SSSR count). The van der Waals surface area contributed by atoms with Crippen LogP contribution in [0.4, 0.5) is 0 Å². The van der Waals surface area contributed by atoms with Gasteiger partial charge in [-0.3, -0.25) is 9.36 Å². The van der Waals surface area contributed by atoms with Crippen LogP contribution < -0.4 is 5.56 Å². The highest BCUT2D eigenvalue weighted by atomic mass is 35.5. The smallest absolute Gasteiger partial charge is 0.263 e. The summed E-state index contributed by atoms with van der Waals surface area (Å²) in [5, 5.41) is 2.03. The molecule has 0 fully saturated rings. The molecule has 0 saturated carbocycles. The second-order valence-electron chi connectivity index (χ2n) is 6.51. The first-order chi connectivity index (χ1) is 13.2. The molecule has 0 saturated heterocycles. The standard InChI is InChI=1S/C19H20ClN3O2S2/c1-25-9-8-23-18(24)16-13-4-2-3-5-14(13)27-17(16)22-19(23)26-11-12-6-7-21-15(20)10-12/h6-7,10H,2-5,8-9,11H2,1H3. The van der Waals surface area contributed by atoms with Gasteiger partial charge in [0, 0.05) is 23.9 Å². The van der Waals surface area contributed by atoms with Crippen LogP contribution >= 0.6 is 34.7 Å². The van der Waals surface area contributed by atoms with Gasteiger partial charge in [0.2, 0.25) is 0 Å². The molecular formula is C19H20ClN3O2S2. The zero-order chi connectivity index (χ0) is 18.8. The average molecular weight is 422 g/mol. The Morgan fingerprint density at radius 1 is 1.37 bits per heavy atom. The molecule has 8 heteroatoms. The molecule has 0 spiro atoms. The van der Waals surface area contributed by atoms with Crippen molar-refractivity contribution in [3.63, 3.8) is 0 Å². The molecule has 1 aliphatic rings. The summed E-state index contributed by atoms with van der Waals surface area (Å²) in [6.07, 6.45) is 6.09. The number of hydrogen-bond donors (Lipinski definition) is 0. The maximum absolute atomic E-state index is 13.3. The molecule has 0 amide bonds. The van der Waals surface area contributed by atoms with E-state index in [1.165, 1.54) is 16.9 Å². The molecule has 1 aliphatic carbocycles. The second-order valence-corrected chi connectivity index (χ2v) is 8.92. The fraction of sp³-hybridized carbons (Fsp3) is 0.421. The van der Waals surface area contributed by atoms with Crippen molar-refractivity contribution in [1.82, 2.24) is 14.5 Å². The van der Waals surface area contributed by atoms with Gasteiger partial charge in [-0.15, -0.1) is 11.3 Å². The Morgan fingerprint density at radius 2 is 2.22 bits per heavy atom.